The van der Waals surface area contributed by atoms with E-state index in [-0.39, 0.29) is 12.5 Å². The lowest BCUT2D eigenvalue weighted by Crippen LogP contribution is -2.40. The number of tetrazole rings is 1. The van der Waals surface area contributed by atoms with Crippen molar-refractivity contribution >= 4 is 5.91 Å². The summed E-state index contributed by atoms with van der Waals surface area (Å²) >= 11 is 0. The van der Waals surface area contributed by atoms with E-state index in [0.29, 0.717) is 19.1 Å². The molecule has 1 aromatic rings. The molecule has 0 aromatic carbocycles. The van der Waals surface area contributed by atoms with E-state index in [1.54, 1.807) is 4.68 Å². The highest BCUT2D eigenvalue weighted by molar-refractivity contribution is 5.75. The average molecular weight is 339 g/mol. The van der Waals surface area contributed by atoms with E-state index >= 15 is 0 Å². The number of carbonyl (C=O) groups is 1. The first-order chi connectivity index (χ1) is 11.4. The first kappa shape index (κ1) is 20.5. The van der Waals surface area contributed by atoms with Gasteiger partial charge in [-0.3, -0.25) is 9.69 Å². The standard InChI is InChI=1S/C16H33N7O/c1-7-21(8-2)10-11-22(9-3)16(24)13-23-15(17-18-19-23)12-20(6)14(4)5/h14H,7-13H2,1-6H3. The van der Waals surface area contributed by atoms with E-state index in [2.05, 4.69) is 53.0 Å². The van der Waals surface area contributed by atoms with Crippen molar-refractivity contribution in [1.29, 1.82) is 0 Å². The summed E-state index contributed by atoms with van der Waals surface area (Å²) in [5, 5.41) is 11.8. The summed E-state index contributed by atoms with van der Waals surface area (Å²) in [5.74, 6) is 0.782. The Morgan fingerprint density at radius 2 is 1.79 bits per heavy atom. The van der Waals surface area contributed by atoms with Crippen LogP contribution in [0.1, 0.15) is 40.4 Å². The van der Waals surface area contributed by atoms with Crippen LogP contribution >= 0.6 is 0 Å². The van der Waals surface area contributed by atoms with Crippen LogP contribution in [0.3, 0.4) is 0 Å². The molecule has 1 amide bonds. The summed E-state index contributed by atoms with van der Waals surface area (Å²) < 4.78 is 1.61. The minimum atomic E-state index is 0.0606. The maximum atomic E-state index is 12.6. The number of rotatable bonds is 11. The minimum Gasteiger partial charge on any atom is -0.340 e. The van der Waals surface area contributed by atoms with Gasteiger partial charge in [-0.25, -0.2) is 4.68 Å². The Morgan fingerprint density at radius 1 is 1.12 bits per heavy atom. The van der Waals surface area contributed by atoms with Crippen LogP contribution in [0, 0.1) is 0 Å². The Balaban J connectivity index is 2.64. The molecule has 0 fully saturated rings. The summed E-state index contributed by atoms with van der Waals surface area (Å²) in [6.45, 7) is 15.7. The second-order valence-corrected chi connectivity index (χ2v) is 6.26. The Hall–Kier alpha value is -1.54. The molecule has 1 aromatic heterocycles. The zero-order chi connectivity index (χ0) is 18.1. The largest absolute Gasteiger partial charge is 0.340 e. The first-order valence-electron chi connectivity index (χ1n) is 8.88. The van der Waals surface area contributed by atoms with Crippen LogP contribution in [-0.2, 0) is 17.9 Å². The van der Waals surface area contributed by atoms with E-state index in [1.165, 1.54) is 0 Å². The fourth-order valence-corrected chi connectivity index (χ4v) is 2.35. The molecule has 1 heterocycles. The topological polar surface area (TPSA) is 70.4 Å². The lowest BCUT2D eigenvalue weighted by atomic mass is 10.3. The monoisotopic (exact) mass is 339 g/mol. The normalized spacial score (nSPS) is 11.7. The van der Waals surface area contributed by atoms with Gasteiger partial charge in [0.25, 0.3) is 0 Å². The van der Waals surface area contributed by atoms with E-state index in [0.717, 1.165) is 32.0 Å². The molecule has 0 aliphatic carbocycles. The highest BCUT2D eigenvalue weighted by Gasteiger charge is 2.17. The molecule has 0 aliphatic rings. The molecule has 0 bridgehead atoms. The van der Waals surface area contributed by atoms with Crippen LogP contribution in [0.2, 0.25) is 0 Å². The van der Waals surface area contributed by atoms with Gasteiger partial charge >= 0.3 is 0 Å². The maximum Gasteiger partial charge on any atom is 0.244 e. The van der Waals surface area contributed by atoms with Crippen molar-refractivity contribution in [3.05, 3.63) is 5.82 Å². The van der Waals surface area contributed by atoms with Gasteiger partial charge in [0.15, 0.2) is 5.82 Å². The van der Waals surface area contributed by atoms with Crippen molar-refractivity contribution < 1.29 is 4.79 Å². The molecule has 0 saturated carbocycles. The van der Waals surface area contributed by atoms with Crippen LogP contribution < -0.4 is 0 Å². The SMILES string of the molecule is CCN(CC)CCN(CC)C(=O)Cn1nnnc1CN(C)C(C)C. The van der Waals surface area contributed by atoms with Crippen molar-refractivity contribution in [3.63, 3.8) is 0 Å². The lowest BCUT2D eigenvalue weighted by molar-refractivity contribution is -0.132. The summed E-state index contributed by atoms with van der Waals surface area (Å²) in [6.07, 6.45) is 0. The number of carbonyl (C=O) groups excluding carboxylic acids is 1. The van der Waals surface area contributed by atoms with Gasteiger partial charge in [0.05, 0.1) is 6.54 Å². The van der Waals surface area contributed by atoms with E-state index < -0.39 is 0 Å². The van der Waals surface area contributed by atoms with Crippen LogP contribution in [0.5, 0.6) is 0 Å². The second-order valence-electron chi connectivity index (χ2n) is 6.26. The summed E-state index contributed by atoms with van der Waals surface area (Å²) in [5.41, 5.74) is 0. The molecule has 0 spiro atoms. The zero-order valence-corrected chi connectivity index (χ0v) is 16.1. The van der Waals surface area contributed by atoms with Crippen LogP contribution in [0.25, 0.3) is 0 Å². The number of likely N-dealkylation sites (N-methyl/N-ethyl adjacent to an activating group) is 2. The number of hydrogen-bond acceptors (Lipinski definition) is 6. The fraction of sp³-hybridized carbons (Fsp3) is 0.875. The smallest absolute Gasteiger partial charge is 0.244 e. The van der Waals surface area contributed by atoms with E-state index in [4.69, 9.17) is 0 Å². The minimum absolute atomic E-state index is 0.0606. The molecular weight excluding hydrogens is 306 g/mol. The number of nitrogens with zero attached hydrogens (tertiary/aromatic N) is 7. The predicted molar refractivity (Wildman–Crippen MR) is 94.5 cm³/mol. The Bertz CT molecular complexity index is 485. The van der Waals surface area contributed by atoms with Crippen molar-refractivity contribution in [2.75, 3.05) is 39.8 Å². The molecular formula is C16H33N7O. The summed E-state index contributed by atoms with van der Waals surface area (Å²) in [6, 6.07) is 0.395. The van der Waals surface area contributed by atoms with Crippen LogP contribution in [-0.4, -0.2) is 86.6 Å². The van der Waals surface area contributed by atoms with E-state index in [1.807, 2.05) is 18.9 Å². The van der Waals surface area contributed by atoms with Gasteiger partial charge in [0.1, 0.15) is 6.54 Å². The van der Waals surface area contributed by atoms with Crippen LogP contribution in [0.15, 0.2) is 0 Å². The molecule has 8 heteroatoms. The average Bonchev–Trinajstić information content (AvgIpc) is 2.98. The predicted octanol–water partition coefficient (Wildman–Crippen LogP) is 0.704. The number of aromatic nitrogens is 4. The van der Waals surface area contributed by atoms with Crippen LogP contribution in [0.4, 0.5) is 0 Å². The van der Waals surface area contributed by atoms with Gasteiger partial charge in [-0.1, -0.05) is 13.8 Å². The van der Waals surface area contributed by atoms with E-state index in [9.17, 15) is 4.79 Å². The Labute approximate surface area is 145 Å². The molecule has 24 heavy (non-hydrogen) atoms. The van der Waals surface area contributed by atoms with Gasteiger partial charge in [-0.05, 0) is 51.3 Å². The molecule has 0 radical (unpaired) electrons. The number of hydrogen-bond donors (Lipinski definition) is 0. The third-order valence-corrected chi connectivity index (χ3v) is 4.48. The second kappa shape index (κ2) is 10.4. The Morgan fingerprint density at radius 3 is 2.33 bits per heavy atom. The lowest BCUT2D eigenvalue weighted by Gasteiger charge is -2.25. The van der Waals surface area contributed by atoms with Gasteiger partial charge in [0.2, 0.25) is 5.91 Å². The van der Waals surface area contributed by atoms with Crippen molar-refractivity contribution in [2.45, 2.75) is 53.8 Å². The zero-order valence-electron chi connectivity index (χ0n) is 16.1. The molecule has 138 valence electrons. The maximum absolute atomic E-state index is 12.6. The third-order valence-electron chi connectivity index (χ3n) is 4.48. The highest BCUT2D eigenvalue weighted by Crippen LogP contribution is 2.03. The molecule has 0 unspecified atom stereocenters. The molecule has 0 saturated heterocycles. The van der Waals surface area contributed by atoms with Crippen molar-refractivity contribution in [3.8, 4) is 0 Å². The van der Waals surface area contributed by atoms with Crippen molar-refractivity contribution in [1.82, 2.24) is 34.9 Å². The summed E-state index contributed by atoms with van der Waals surface area (Å²) in [7, 11) is 2.02. The Kier molecular flexibility index (Phi) is 8.84. The fourth-order valence-electron chi connectivity index (χ4n) is 2.35. The molecule has 0 atom stereocenters. The number of amides is 1. The summed E-state index contributed by atoms with van der Waals surface area (Å²) in [4.78, 5) is 18.9. The first-order valence-corrected chi connectivity index (χ1v) is 8.88. The third kappa shape index (κ3) is 6.16. The van der Waals surface area contributed by atoms with Crippen molar-refractivity contribution in [2.24, 2.45) is 0 Å². The molecule has 1 rings (SSSR count). The quantitative estimate of drug-likeness (QED) is 0.591. The van der Waals surface area contributed by atoms with Gasteiger partial charge in [-0.15, -0.1) is 5.10 Å². The molecule has 8 nitrogen and oxygen atoms in total. The highest BCUT2D eigenvalue weighted by atomic mass is 16.2. The van der Waals surface area contributed by atoms with Gasteiger partial charge in [-0.2, -0.15) is 0 Å². The van der Waals surface area contributed by atoms with Gasteiger partial charge in [0, 0.05) is 25.7 Å². The molecule has 0 N–H and O–H groups in total. The van der Waals surface area contributed by atoms with Gasteiger partial charge < -0.3 is 9.80 Å². The molecule has 0 aliphatic heterocycles.